The molecular weight excluding hydrogens is 414 g/mol. The van der Waals surface area contributed by atoms with E-state index in [1.54, 1.807) is 32.4 Å². The molecule has 2 heterocycles. The van der Waals surface area contributed by atoms with Crippen LogP contribution in [0.25, 0.3) is 22.1 Å². The van der Waals surface area contributed by atoms with Gasteiger partial charge in [-0.1, -0.05) is 30.3 Å². The molecule has 0 saturated carbocycles. The number of amides is 1. The molecule has 0 fully saturated rings. The van der Waals surface area contributed by atoms with E-state index >= 15 is 0 Å². The molecule has 0 spiro atoms. The molecule has 1 N–H and O–H groups in total. The molecule has 0 aliphatic rings. The third kappa shape index (κ3) is 4.32. The van der Waals surface area contributed by atoms with Gasteiger partial charge in [-0.05, 0) is 30.7 Å². The van der Waals surface area contributed by atoms with Crippen LogP contribution < -0.4 is 10.1 Å². The summed E-state index contributed by atoms with van der Waals surface area (Å²) >= 11 is 1.30. The lowest BCUT2D eigenvalue weighted by molar-refractivity contribution is -0.115. The zero-order chi connectivity index (χ0) is 21.8. The van der Waals surface area contributed by atoms with Gasteiger partial charge in [-0.3, -0.25) is 4.79 Å². The van der Waals surface area contributed by atoms with E-state index in [0.717, 1.165) is 22.1 Å². The summed E-state index contributed by atoms with van der Waals surface area (Å²) in [5.41, 5.74) is 3.40. The van der Waals surface area contributed by atoms with Gasteiger partial charge in [-0.15, -0.1) is 11.3 Å². The molecule has 2 aromatic carbocycles. The van der Waals surface area contributed by atoms with E-state index in [-0.39, 0.29) is 18.9 Å². The van der Waals surface area contributed by atoms with Crippen molar-refractivity contribution in [1.29, 1.82) is 0 Å². The topological polar surface area (TPSA) is 77.8 Å². The van der Waals surface area contributed by atoms with Crippen LogP contribution in [0.4, 0.5) is 5.00 Å². The van der Waals surface area contributed by atoms with Crippen molar-refractivity contribution >= 4 is 39.2 Å². The van der Waals surface area contributed by atoms with Gasteiger partial charge < -0.3 is 19.2 Å². The highest BCUT2D eigenvalue weighted by Gasteiger charge is 2.23. The first kappa shape index (κ1) is 20.7. The molecular formula is C24H21NO5S. The summed E-state index contributed by atoms with van der Waals surface area (Å²) in [4.78, 5) is 25.5. The molecule has 0 saturated heterocycles. The third-order valence-corrected chi connectivity index (χ3v) is 5.72. The number of thiophene rings is 1. The minimum absolute atomic E-state index is 0.0982. The van der Waals surface area contributed by atoms with Crippen LogP contribution in [0.5, 0.6) is 5.75 Å². The molecule has 0 aliphatic carbocycles. The van der Waals surface area contributed by atoms with Crippen LogP contribution in [0.15, 0.2) is 64.6 Å². The number of carbonyl (C=O) groups is 2. The van der Waals surface area contributed by atoms with Gasteiger partial charge in [0.25, 0.3) is 0 Å². The summed E-state index contributed by atoms with van der Waals surface area (Å²) in [6.45, 7) is 2.00. The van der Waals surface area contributed by atoms with E-state index in [1.165, 1.54) is 11.3 Å². The molecule has 0 unspecified atom stereocenters. The van der Waals surface area contributed by atoms with Crippen molar-refractivity contribution in [3.05, 3.63) is 71.3 Å². The summed E-state index contributed by atoms with van der Waals surface area (Å²) in [6, 6.07) is 15.0. The number of methoxy groups -OCH3 is 1. The smallest absolute Gasteiger partial charge is 0.341 e. The zero-order valence-electron chi connectivity index (χ0n) is 17.1. The van der Waals surface area contributed by atoms with E-state index in [0.29, 0.717) is 21.9 Å². The quantitative estimate of drug-likeness (QED) is 0.386. The summed E-state index contributed by atoms with van der Waals surface area (Å²) < 4.78 is 16.1. The Kier molecular flexibility index (Phi) is 6.04. The van der Waals surface area contributed by atoms with Crippen LogP contribution in [0.1, 0.15) is 22.8 Å². The number of fused-ring (bicyclic) bond motifs is 1. The molecule has 4 rings (SSSR count). The van der Waals surface area contributed by atoms with Crippen LogP contribution in [-0.4, -0.2) is 25.6 Å². The molecule has 4 aromatic rings. The van der Waals surface area contributed by atoms with Gasteiger partial charge >= 0.3 is 5.97 Å². The van der Waals surface area contributed by atoms with E-state index in [4.69, 9.17) is 13.9 Å². The second kappa shape index (κ2) is 9.06. The Morgan fingerprint density at radius 3 is 2.68 bits per heavy atom. The summed E-state index contributed by atoms with van der Waals surface area (Å²) in [5.74, 6) is -0.0279. The van der Waals surface area contributed by atoms with Gasteiger partial charge in [0.2, 0.25) is 5.91 Å². The van der Waals surface area contributed by atoms with Gasteiger partial charge in [0.1, 0.15) is 21.9 Å². The van der Waals surface area contributed by atoms with Crippen molar-refractivity contribution in [2.75, 3.05) is 19.0 Å². The Morgan fingerprint density at radius 1 is 1.13 bits per heavy atom. The van der Waals surface area contributed by atoms with Gasteiger partial charge in [-0.25, -0.2) is 4.79 Å². The fourth-order valence-electron chi connectivity index (χ4n) is 3.35. The zero-order valence-corrected chi connectivity index (χ0v) is 18.0. The lowest BCUT2D eigenvalue weighted by atomic mass is 10.0. The largest absolute Gasteiger partial charge is 0.497 e. The Labute approximate surface area is 183 Å². The van der Waals surface area contributed by atoms with Crippen LogP contribution in [0, 0.1) is 0 Å². The molecule has 0 atom stereocenters. The second-order valence-electron chi connectivity index (χ2n) is 6.79. The predicted molar refractivity (Wildman–Crippen MR) is 121 cm³/mol. The normalized spacial score (nSPS) is 10.8. The number of hydrogen-bond acceptors (Lipinski definition) is 6. The number of esters is 1. The van der Waals surface area contributed by atoms with E-state index in [1.807, 2.05) is 41.8 Å². The van der Waals surface area contributed by atoms with Gasteiger partial charge in [0.05, 0.1) is 26.4 Å². The standard InChI is InChI=1S/C24H21NO5S/c1-3-29-24(27)22-19(15-7-5-4-6-8-15)14-31-23(22)25-21(26)11-16-13-30-20-10-9-17(28-2)12-18(16)20/h4-10,12-14H,3,11H2,1-2H3,(H,25,26). The second-order valence-corrected chi connectivity index (χ2v) is 7.67. The van der Waals surface area contributed by atoms with Gasteiger partial charge in [0.15, 0.2) is 0 Å². The Balaban J connectivity index is 1.61. The van der Waals surface area contributed by atoms with Crippen molar-refractivity contribution < 1.29 is 23.5 Å². The highest BCUT2D eigenvalue weighted by Crippen LogP contribution is 2.36. The lowest BCUT2D eigenvalue weighted by Crippen LogP contribution is -2.16. The molecule has 1 amide bonds. The first-order valence-corrected chi connectivity index (χ1v) is 10.7. The number of benzene rings is 2. The fraction of sp³-hybridized carbons (Fsp3) is 0.167. The van der Waals surface area contributed by atoms with E-state index in [9.17, 15) is 9.59 Å². The summed E-state index contributed by atoms with van der Waals surface area (Å²) in [6.07, 6.45) is 1.67. The van der Waals surface area contributed by atoms with Crippen LogP contribution in [0.3, 0.4) is 0 Å². The molecule has 31 heavy (non-hydrogen) atoms. The molecule has 0 aliphatic heterocycles. The number of furan rings is 1. The van der Waals surface area contributed by atoms with E-state index < -0.39 is 5.97 Å². The van der Waals surface area contributed by atoms with Crippen molar-refractivity contribution in [3.8, 4) is 16.9 Å². The maximum absolute atomic E-state index is 12.8. The van der Waals surface area contributed by atoms with Crippen molar-refractivity contribution in [1.82, 2.24) is 0 Å². The maximum Gasteiger partial charge on any atom is 0.341 e. The SMILES string of the molecule is CCOC(=O)c1c(-c2ccccc2)csc1NC(=O)Cc1coc2ccc(OC)cc12. The maximum atomic E-state index is 12.8. The molecule has 158 valence electrons. The van der Waals surface area contributed by atoms with Gasteiger partial charge in [-0.2, -0.15) is 0 Å². The number of carbonyl (C=O) groups excluding carboxylic acids is 2. The first-order chi connectivity index (χ1) is 15.1. The average Bonchev–Trinajstić information content (AvgIpc) is 3.38. The number of anilines is 1. The summed E-state index contributed by atoms with van der Waals surface area (Å²) in [5, 5.41) is 6.02. The van der Waals surface area contributed by atoms with E-state index in [2.05, 4.69) is 5.32 Å². The molecule has 0 bridgehead atoms. The number of ether oxygens (including phenoxy) is 2. The molecule has 2 aromatic heterocycles. The van der Waals surface area contributed by atoms with Crippen molar-refractivity contribution in [2.45, 2.75) is 13.3 Å². The van der Waals surface area contributed by atoms with Crippen molar-refractivity contribution in [2.24, 2.45) is 0 Å². The van der Waals surface area contributed by atoms with Crippen LogP contribution >= 0.6 is 11.3 Å². The van der Waals surface area contributed by atoms with Gasteiger partial charge in [0, 0.05) is 21.9 Å². The number of hydrogen-bond donors (Lipinski definition) is 1. The lowest BCUT2D eigenvalue weighted by Gasteiger charge is -2.09. The Bertz CT molecular complexity index is 1230. The summed E-state index contributed by atoms with van der Waals surface area (Å²) in [7, 11) is 1.59. The average molecular weight is 436 g/mol. The predicted octanol–water partition coefficient (Wildman–Crippen LogP) is 5.53. The fourth-order valence-corrected chi connectivity index (χ4v) is 4.33. The molecule has 0 radical (unpaired) electrons. The number of rotatable bonds is 7. The minimum atomic E-state index is -0.462. The molecule has 6 nitrogen and oxygen atoms in total. The Hall–Kier alpha value is -3.58. The third-order valence-electron chi connectivity index (χ3n) is 4.82. The minimum Gasteiger partial charge on any atom is -0.497 e. The van der Waals surface area contributed by atoms with Crippen LogP contribution in [-0.2, 0) is 16.0 Å². The monoisotopic (exact) mass is 435 g/mol. The molecule has 7 heteroatoms. The highest BCUT2D eigenvalue weighted by molar-refractivity contribution is 7.15. The van der Waals surface area contributed by atoms with Crippen molar-refractivity contribution in [3.63, 3.8) is 0 Å². The Morgan fingerprint density at radius 2 is 1.94 bits per heavy atom. The van der Waals surface area contributed by atoms with Crippen LogP contribution in [0.2, 0.25) is 0 Å². The first-order valence-electron chi connectivity index (χ1n) is 9.78. The number of nitrogens with one attached hydrogen (secondary N) is 1. The highest BCUT2D eigenvalue weighted by atomic mass is 32.1.